The number of carbonyl (C=O) groups excluding carboxylic acids is 1. The lowest BCUT2D eigenvalue weighted by Crippen LogP contribution is -2.43. The van der Waals surface area contributed by atoms with Crippen LogP contribution in [0.5, 0.6) is 0 Å². The molecular formula is C16H18ClN2O+. The highest BCUT2D eigenvalue weighted by Gasteiger charge is 2.13. The highest BCUT2D eigenvalue weighted by molar-refractivity contribution is 6.30. The van der Waals surface area contributed by atoms with Gasteiger partial charge in [-0.15, -0.1) is 0 Å². The van der Waals surface area contributed by atoms with E-state index in [2.05, 4.69) is 18.3 Å². The quantitative estimate of drug-likeness (QED) is 0.862. The molecule has 0 saturated carbocycles. The Labute approximate surface area is 124 Å². The minimum atomic E-state index is -0.0475. The molecule has 0 spiro atoms. The standard InChI is InChI=1S/C16H17ClN2O/c1-3-13-5-4-12(2)19(10-13)11-16(20)18-15-8-6-14(17)7-9-15/h4-10H,3,11H2,1-2H3/p+1. The van der Waals surface area contributed by atoms with Gasteiger partial charge in [0.1, 0.15) is 0 Å². The molecule has 3 nitrogen and oxygen atoms in total. The van der Waals surface area contributed by atoms with Gasteiger partial charge in [0, 0.05) is 29.3 Å². The van der Waals surface area contributed by atoms with E-state index in [0.29, 0.717) is 11.6 Å². The molecule has 0 saturated heterocycles. The van der Waals surface area contributed by atoms with Crippen LogP contribution in [0.2, 0.25) is 5.02 Å². The van der Waals surface area contributed by atoms with Crippen molar-refractivity contribution in [2.24, 2.45) is 0 Å². The zero-order valence-corrected chi connectivity index (χ0v) is 12.4. The first-order chi connectivity index (χ1) is 9.58. The zero-order valence-electron chi connectivity index (χ0n) is 11.7. The van der Waals surface area contributed by atoms with Gasteiger partial charge in [-0.25, -0.2) is 0 Å². The summed E-state index contributed by atoms with van der Waals surface area (Å²) in [5, 5.41) is 3.52. The molecule has 0 radical (unpaired) electrons. The molecular weight excluding hydrogens is 272 g/mol. The maximum Gasteiger partial charge on any atom is 0.290 e. The number of hydrogen-bond donors (Lipinski definition) is 1. The van der Waals surface area contributed by atoms with Gasteiger partial charge >= 0.3 is 0 Å². The summed E-state index contributed by atoms with van der Waals surface area (Å²) in [6.07, 6.45) is 2.98. The van der Waals surface area contributed by atoms with Gasteiger partial charge in [0.2, 0.25) is 6.54 Å². The summed E-state index contributed by atoms with van der Waals surface area (Å²) in [7, 11) is 0. The number of halogens is 1. The van der Waals surface area contributed by atoms with Crippen molar-refractivity contribution in [2.75, 3.05) is 5.32 Å². The SMILES string of the molecule is CCc1ccc(C)[n+](CC(=O)Nc2ccc(Cl)cc2)c1. The lowest BCUT2D eigenvalue weighted by Gasteiger charge is -2.05. The Kier molecular flexibility index (Phi) is 4.74. The smallest absolute Gasteiger partial charge is 0.290 e. The van der Waals surface area contributed by atoms with Crippen LogP contribution in [0, 0.1) is 6.92 Å². The van der Waals surface area contributed by atoms with Crippen LogP contribution in [-0.4, -0.2) is 5.91 Å². The van der Waals surface area contributed by atoms with E-state index in [4.69, 9.17) is 11.6 Å². The van der Waals surface area contributed by atoms with Crippen LogP contribution in [0.3, 0.4) is 0 Å². The number of nitrogens with zero attached hydrogens (tertiary/aromatic N) is 1. The molecule has 0 aliphatic carbocycles. The monoisotopic (exact) mass is 289 g/mol. The number of aryl methyl sites for hydroxylation is 2. The normalized spacial score (nSPS) is 10.3. The molecule has 1 N–H and O–H groups in total. The van der Waals surface area contributed by atoms with Crippen molar-refractivity contribution in [1.29, 1.82) is 0 Å². The Hall–Kier alpha value is -1.87. The van der Waals surface area contributed by atoms with Crippen LogP contribution in [0.1, 0.15) is 18.2 Å². The molecule has 0 atom stereocenters. The lowest BCUT2D eigenvalue weighted by molar-refractivity contribution is -0.690. The van der Waals surface area contributed by atoms with Gasteiger partial charge in [-0.2, -0.15) is 4.57 Å². The van der Waals surface area contributed by atoms with Crippen LogP contribution >= 0.6 is 11.6 Å². The van der Waals surface area contributed by atoms with E-state index in [9.17, 15) is 4.79 Å². The van der Waals surface area contributed by atoms with Crippen LogP contribution < -0.4 is 9.88 Å². The van der Waals surface area contributed by atoms with Crippen molar-refractivity contribution < 1.29 is 9.36 Å². The summed E-state index contributed by atoms with van der Waals surface area (Å²) in [6, 6.07) is 11.2. The van der Waals surface area contributed by atoms with E-state index in [1.807, 2.05) is 23.8 Å². The number of aromatic nitrogens is 1. The fraction of sp³-hybridized carbons (Fsp3) is 0.250. The van der Waals surface area contributed by atoms with E-state index >= 15 is 0 Å². The Morgan fingerprint density at radius 1 is 1.20 bits per heavy atom. The van der Waals surface area contributed by atoms with Gasteiger partial charge in [-0.1, -0.05) is 18.5 Å². The van der Waals surface area contributed by atoms with Crippen LogP contribution in [0.4, 0.5) is 5.69 Å². The highest BCUT2D eigenvalue weighted by Crippen LogP contribution is 2.13. The van der Waals surface area contributed by atoms with E-state index in [0.717, 1.165) is 17.8 Å². The van der Waals surface area contributed by atoms with Gasteiger partial charge < -0.3 is 5.32 Å². The van der Waals surface area contributed by atoms with E-state index in [1.165, 1.54) is 5.56 Å². The number of hydrogen-bond acceptors (Lipinski definition) is 1. The number of nitrogens with one attached hydrogen (secondary N) is 1. The minimum absolute atomic E-state index is 0.0475. The second-order valence-electron chi connectivity index (χ2n) is 4.72. The molecule has 2 rings (SSSR count). The molecule has 4 heteroatoms. The van der Waals surface area contributed by atoms with Crippen LogP contribution in [0.15, 0.2) is 42.6 Å². The first kappa shape index (κ1) is 14.5. The Bertz CT molecular complexity index is 608. The van der Waals surface area contributed by atoms with Gasteiger partial charge in [0.05, 0.1) is 0 Å². The Morgan fingerprint density at radius 2 is 1.90 bits per heavy atom. The topological polar surface area (TPSA) is 33.0 Å². The molecule has 2 aromatic rings. The lowest BCUT2D eigenvalue weighted by atomic mass is 10.2. The Morgan fingerprint density at radius 3 is 2.55 bits per heavy atom. The molecule has 0 unspecified atom stereocenters. The predicted molar refractivity (Wildman–Crippen MR) is 80.8 cm³/mol. The second-order valence-corrected chi connectivity index (χ2v) is 5.15. The number of pyridine rings is 1. The van der Waals surface area contributed by atoms with Crippen molar-refractivity contribution in [3.8, 4) is 0 Å². The molecule has 1 heterocycles. The molecule has 0 fully saturated rings. The maximum absolute atomic E-state index is 12.1. The van der Waals surface area contributed by atoms with Crippen molar-refractivity contribution in [3.63, 3.8) is 0 Å². The first-order valence-electron chi connectivity index (χ1n) is 6.63. The summed E-state index contributed by atoms with van der Waals surface area (Å²) in [6.45, 7) is 4.40. The Balaban J connectivity index is 2.06. The minimum Gasteiger partial charge on any atom is -0.321 e. The van der Waals surface area contributed by atoms with Crippen molar-refractivity contribution in [1.82, 2.24) is 0 Å². The third kappa shape index (κ3) is 3.81. The fourth-order valence-corrected chi connectivity index (χ4v) is 2.06. The van der Waals surface area contributed by atoms with Gasteiger partial charge in [-0.05, 0) is 36.8 Å². The van der Waals surface area contributed by atoms with Crippen LogP contribution in [-0.2, 0) is 17.8 Å². The van der Waals surface area contributed by atoms with Gasteiger partial charge in [0.15, 0.2) is 11.9 Å². The summed E-state index contributed by atoms with van der Waals surface area (Å²) in [4.78, 5) is 12.1. The predicted octanol–water partition coefficient (Wildman–Crippen LogP) is 3.14. The van der Waals surface area contributed by atoms with E-state index in [-0.39, 0.29) is 5.91 Å². The van der Waals surface area contributed by atoms with Gasteiger partial charge in [-0.3, -0.25) is 4.79 Å². The average molecular weight is 290 g/mol. The molecule has 104 valence electrons. The van der Waals surface area contributed by atoms with Crippen molar-refractivity contribution >= 4 is 23.2 Å². The molecule has 0 bridgehead atoms. The fourth-order valence-electron chi connectivity index (χ4n) is 1.94. The summed E-state index contributed by atoms with van der Waals surface area (Å²) in [5.41, 5.74) is 3.03. The first-order valence-corrected chi connectivity index (χ1v) is 7.00. The van der Waals surface area contributed by atoms with Gasteiger partial charge in [0.25, 0.3) is 5.91 Å². The molecule has 1 amide bonds. The number of amides is 1. The van der Waals surface area contributed by atoms with Crippen molar-refractivity contribution in [2.45, 2.75) is 26.8 Å². The largest absolute Gasteiger partial charge is 0.321 e. The zero-order chi connectivity index (χ0) is 14.5. The highest BCUT2D eigenvalue weighted by atomic mass is 35.5. The molecule has 0 aliphatic rings. The van der Waals surface area contributed by atoms with E-state index < -0.39 is 0 Å². The average Bonchev–Trinajstić information content (AvgIpc) is 2.44. The third-order valence-electron chi connectivity index (χ3n) is 3.16. The summed E-state index contributed by atoms with van der Waals surface area (Å²) < 4.78 is 1.96. The third-order valence-corrected chi connectivity index (χ3v) is 3.42. The molecule has 1 aromatic carbocycles. The number of anilines is 1. The second kappa shape index (κ2) is 6.53. The molecule has 1 aromatic heterocycles. The maximum atomic E-state index is 12.1. The van der Waals surface area contributed by atoms with Crippen LogP contribution in [0.25, 0.3) is 0 Å². The number of rotatable bonds is 4. The van der Waals surface area contributed by atoms with Crippen molar-refractivity contribution in [3.05, 3.63) is 58.9 Å². The molecule has 0 aliphatic heterocycles. The summed E-state index contributed by atoms with van der Waals surface area (Å²) in [5.74, 6) is -0.0475. The van der Waals surface area contributed by atoms with E-state index in [1.54, 1.807) is 24.3 Å². The number of benzene rings is 1. The number of carbonyl (C=O) groups is 1. The molecule has 20 heavy (non-hydrogen) atoms. The summed E-state index contributed by atoms with van der Waals surface area (Å²) >= 11 is 5.82.